The molecule has 0 saturated carbocycles. The largest absolute Gasteiger partial charge is 0.456 e. The summed E-state index contributed by atoms with van der Waals surface area (Å²) in [7, 11) is 0. The van der Waals surface area contributed by atoms with E-state index >= 15 is 0 Å². The first-order chi connectivity index (χ1) is 21.0. The van der Waals surface area contributed by atoms with Crippen molar-refractivity contribution in [1.29, 1.82) is 0 Å². The Morgan fingerprint density at radius 1 is 0.628 bits per heavy atom. The lowest BCUT2D eigenvalue weighted by Gasteiger charge is -2.21. The number of pyridine rings is 1. The van der Waals surface area contributed by atoms with Gasteiger partial charge in [0.2, 0.25) is 5.43 Å². The van der Waals surface area contributed by atoms with E-state index < -0.39 is 0 Å². The van der Waals surface area contributed by atoms with Gasteiger partial charge in [-0.2, -0.15) is 0 Å². The molecule has 0 radical (unpaired) electrons. The van der Waals surface area contributed by atoms with Crippen molar-refractivity contribution in [2.24, 2.45) is 0 Å². The van der Waals surface area contributed by atoms with Crippen LogP contribution in [-0.2, 0) is 5.41 Å². The van der Waals surface area contributed by atoms with E-state index in [1.807, 2.05) is 54.9 Å². The molecular formula is C39H26N2O2. The molecular weight excluding hydrogens is 528 g/mol. The van der Waals surface area contributed by atoms with Gasteiger partial charge in [0, 0.05) is 34.3 Å². The smallest absolute Gasteiger partial charge is 0.200 e. The molecule has 0 fully saturated rings. The SMILES string of the molecule is CC1(C)c2ccccc2-c2cc3c4cnccc4n(-c4ccc(-c5ccc6c(=O)c7ccccc7oc6c5)cc4)c3cc21. The molecule has 0 N–H and O–H groups in total. The highest BCUT2D eigenvalue weighted by molar-refractivity contribution is 6.11. The highest BCUT2D eigenvalue weighted by atomic mass is 16.3. The van der Waals surface area contributed by atoms with Gasteiger partial charge in [-0.3, -0.25) is 9.78 Å². The van der Waals surface area contributed by atoms with E-state index in [4.69, 9.17) is 4.42 Å². The fraction of sp³-hybridized carbons (Fsp3) is 0.0769. The molecule has 9 rings (SSSR count). The molecule has 4 nitrogen and oxygen atoms in total. The van der Waals surface area contributed by atoms with Crippen LogP contribution in [0.5, 0.6) is 0 Å². The third kappa shape index (κ3) is 3.32. The molecule has 0 atom stereocenters. The zero-order valence-electron chi connectivity index (χ0n) is 23.8. The van der Waals surface area contributed by atoms with Crippen LogP contribution in [0.2, 0.25) is 0 Å². The van der Waals surface area contributed by atoms with Gasteiger partial charge in [0.05, 0.1) is 21.8 Å². The van der Waals surface area contributed by atoms with Gasteiger partial charge in [0.1, 0.15) is 11.2 Å². The highest BCUT2D eigenvalue weighted by Gasteiger charge is 2.36. The van der Waals surface area contributed by atoms with Gasteiger partial charge in [-0.25, -0.2) is 0 Å². The van der Waals surface area contributed by atoms with Crippen molar-refractivity contribution < 1.29 is 4.42 Å². The number of nitrogens with zero attached hydrogens (tertiary/aromatic N) is 2. The van der Waals surface area contributed by atoms with Crippen LogP contribution in [0.4, 0.5) is 0 Å². The third-order valence-corrected chi connectivity index (χ3v) is 9.31. The molecule has 1 aliphatic carbocycles. The van der Waals surface area contributed by atoms with Gasteiger partial charge < -0.3 is 8.98 Å². The first-order valence-corrected chi connectivity index (χ1v) is 14.6. The van der Waals surface area contributed by atoms with Crippen LogP contribution in [0, 0.1) is 0 Å². The van der Waals surface area contributed by atoms with Crippen molar-refractivity contribution in [3.8, 4) is 27.9 Å². The molecule has 5 aromatic carbocycles. The molecule has 0 amide bonds. The Kier molecular flexibility index (Phi) is 4.79. The van der Waals surface area contributed by atoms with Crippen LogP contribution in [0.15, 0.2) is 131 Å². The van der Waals surface area contributed by atoms with Crippen molar-refractivity contribution in [3.63, 3.8) is 0 Å². The Balaban J connectivity index is 1.20. The summed E-state index contributed by atoms with van der Waals surface area (Å²) in [5, 5.41) is 3.54. The third-order valence-electron chi connectivity index (χ3n) is 9.31. The van der Waals surface area contributed by atoms with E-state index in [0.29, 0.717) is 21.9 Å². The van der Waals surface area contributed by atoms with Gasteiger partial charge >= 0.3 is 0 Å². The summed E-state index contributed by atoms with van der Waals surface area (Å²) in [6.07, 6.45) is 3.85. The number of fused-ring (bicyclic) bond motifs is 8. The zero-order valence-corrected chi connectivity index (χ0v) is 23.8. The summed E-state index contributed by atoms with van der Waals surface area (Å²) in [5.74, 6) is 0. The number of para-hydroxylation sites is 1. The van der Waals surface area contributed by atoms with E-state index in [2.05, 4.69) is 90.1 Å². The molecule has 0 unspecified atom stereocenters. The molecule has 0 saturated heterocycles. The van der Waals surface area contributed by atoms with E-state index in [9.17, 15) is 4.79 Å². The van der Waals surface area contributed by atoms with Gasteiger partial charge in [-0.1, -0.05) is 68.4 Å². The first-order valence-electron chi connectivity index (χ1n) is 14.6. The average Bonchev–Trinajstić information content (AvgIpc) is 3.48. The Morgan fingerprint density at radius 2 is 1.40 bits per heavy atom. The van der Waals surface area contributed by atoms with Crippen LogP contribution >= 0.6 is 0 Å². The van der Waals surface area contributed by atoms with Crippen LogP contribution in [0.1, 0.15) is 25.0 Å². The van der Waals surface area contributed by atoms with Crippen molar-refractivity contribution in [2.75, 3.05) is 0 Å². The van der Waals surface area contributed by atoms with Gasteiger partial charge in [-0.05, 0) is 88.0 Å². The minimum absolute atomic E-state index is 0.00244. The van der Waals surface area contributed by atoms with Gasteiger partial charge in [-0.15, -0.1) is 0 Å². The number of benzene rings is 5. The van der Waals surface area contributed by atoms with Crippen molar-refractivity contribution in [3.05, 3.63) is 143 Å². The topological polar surface area (TPSA) is 48.0 Å². The maximum Gasteiger partial charge on any atom is 0.200 e. The van der Waals surface area contributed by atoms with Crippen LogP contribution in [-0.4, -0.2) is 9.55 Å². The summed E-state index contributed by atoms with van der Waals surface area (Å²) in [5.41, 5.74) is 11.9. The minimum Gasteiger partial charge on any atom is -0.456 e. The monoisotopic (exact) mass is 554 g/mol. The van der Waals surface area contributed by atoms with Crippen molar-refractivity contribution in [2.45, 2.75) is 19.3 Å². The second kappa shape index (κ2) is 8.52. The Bertz CT molecular complexity index is 2500. The molecule has 3 aromatic heterocycles. The molecule has 204 valence electrons. The van der Waals surface area contributed by atoms with Crippen molar-refractivity contribution >= 4 is 43.7 Å². The number of hydrogen-bond donors (Lipinski definition) is 0. The van der Waals surface area contributed by atoms with E-state index in [1.54, 1.807) is 0 Å². The maximum atomic E-state index is 13.0. The molecule has 1 aliphatic rings. The van der Waals surface area contributed by atoms with Crippen molar-refractivity contribution in [1.82, 2.24) is 9.55 Å². The molecule has 0 spiro atoms. The van der Waals surface area contributed by atoms with E-state index in [-0.39, 0.29) is 10.8 Å². The highest BCUT2D eigenvalue weighted by Crippen LogP contribution is 2.50. The predicted molar refractivity (Wildman–Crippen MR) is 175 cm³/mol. The molecule has 3 heterocycles. The predicted octanol–water partition coefficient (Wildman–Crippen LogP) is 9.41. The summed E-state index contributed by atoms with van der Waals surface area (Å²) in [6.45, 7) is 4.64. The summed E-state index contributed by atoms with van der Waals surface area (Å²) in [4.78, 5) is 17.5. The normalized spacial score (nSPS) is 13.6. The van der Waals surface area contributed by atoms with Crippen LogP contribution in [0.3, 0.4) is 0 Å². The standard InChI is InChI=1S/C39H26N2O2/c1-39(2)32-9-5-3-7-26(32)29-20-30-31-22-40-18-17-34(31)41(35(30)21-33(29)39)25-14-11-23(12-15-25)24-13-16-28-37(19-24)43-36-10-6-4-8-27(36)38(28)42/h3-22H,1-2H3. The zero-order chi connectivity index (χ0) is 28.9. The second-order valence-electron chi connectivity index (χ2n) is 12.0. The summed E-state index contributed by atoms with van der Waals surface area (Å²) < 4.78 is 8.48. The molecule has 8 aromatic rings. The Hall–Kier alpha value is -5.48. The maximum absolute atomic E-state index is 13.0. The minimum atomic E-state index is -0.0834. The summed E-state index contributed by atoms with van der Waals surface area (Å²) in [6, 6.07) is 37.5. The van der Waals surface area contributed by atoms with E-state index in [1.165, 1.54) is 33.2 Å². The van der Waals surface area contributed by atoms with Gasteiger partial charge in [0.15, 0.2) is 0 Å². The molecule has 43 heavy (non-hydrogen) atoms. The van der Waals surface area contributed by atoms with Gasteiger partial charge in [0.25, 0.3) is 0 Å². The molecule has 4 heteroatoms. The summed E-state index contributed by atoms with van der Waals surface area (Å²) >= 11 is 0. The number of hydrogen-bond acceptors (Lipinski definition) is 3. The fourth-order valence-electron chi connectivity index (χ4n) is 7.12. The average molecular weight is 555 g/mol. The lowest BCUT2D eigenvalue weighted by molar-refractivity contribution is 0.660. The Morgan fingerprint density at radius 3 is 2.28 bits per heavy atom. The van der Waals surface area contributed by atoms with E-state index in [0.717, 1.165) is 27.7 Å². The fourth-order valence-corrected chi connectivity index (χ4v) is 7.12. The second-order valence-corrected chi connectivity index (χ2v) is 12.0. The lowest BCUT2D eigenvalue weighted by Crippen LogP contribution is -2.14. The number of rotatable bonds is 2. The number of aromatic nitrogens is 2. The molecule has 0 bridgehead atoms. The lowest BCUT2D eigenvalue weighted by atomic mass is 9.82. The Labute approximate surface area is 247 Å². The molecule has 0 aliphatic heterocycles. The quantitative estimate of drug-likeness (QED) is 0.200. The van der Waals surface area contributed by atoms with Crippen LogP contribution < -0.4 is 5.43 Å². The van der Waals surface area contributed by atoms with Crippen LogP contribution in [0.25, 0.3) is 71.7 Å². The first kappa shape index (κ1) is 24.2.